The number of nitrogens with two attached hydrogens (primary N) is 2. The van der Waals surface area contributed by atoms with Crippen LogP contribution in [-0.4, -0.2) is 22.9 Å². The van der Waals surface area contributed by atoms with Crippen LogP contribution in [-0.2, 0) is 0 Å². The molecule has 2 aromatic rings. The zero-order valence-corrected chi connectivity index (χ0v) is 9.84. The lowest BCUT2D eigenvalue weighted by Crippen LogP contribution is -2.17. The number of hydrogen-bond donors (Lipinski definition) is 3. The van der Waals surface area contributed by atoms with E-state index in [1.807, 2.05) is 6.07 Å². The number of carbonyl (C=O) groups is 1. The van der Waals surface area contributed by atoms with Crippen molar-refractivity contribution in [1.82, 2.24) is 15.3 Å². The summed E-state index contributed by atoms with van der Waals surface area (Å²) in [5.74, 6) is 0.252. The summed E-state index contributed by atoms with van der Waals surface area (Å²) in [5.41, 5.74) is 13.2. The fourth-order valence-electron chi connectivity index (χ4n) is 1.60. The third-order valence-corrected chi connectivity index (χ3v) is 2.50. The van der Waals surface area contributed by atoms with E-state index in [0.29, 0.717) is 11.1 Å². The number of nitrogens with one attached hydrogen (secondary N) is 1. The van der Waals surface area contributed by atoms with E-state index in [1.54, 1.807) is 31.4 Å². The lowest BCUT2D eigenvalue weighted by atomic mass is 10.0. The number of benzene rings is 1. The van der Waals surface area contributed by atoms with Gasteiger partial charge in [-0.2, -0.15) is 4.98 Å². The predicted octanol–water partition coefficient (Wildman–Crippen LogP) is 0.668. The maximum Gasteiger partial charge on any atom is 0.251 e. The van der Waals surface area contributed by atoms with E-state index in [4.69, 9.17) is 11.5 Å². The molecule has 0 saturated heterocycles. The summed E-state index contributed by atoms with van der Waals surface area (Å²) in [7, 11) is 1.58. The summed E-state index contributed by atoms with van der Waals surface area (Å²) >= 11 is 0. The lowest BCUT2D eigenvalue weighted by molar-refractivity contribution is 0.0963. The summed E-state index contributed by atoms with van der Waals surface area (Å²) in [5, 5.41) is 2.56. The summed E-state index contributed by atoms with van der Waals surface area (Å²) in [4.78, 5) is 19.3. The number of hydrogen-bond acceptors (Lipinski definition) is 5. The molecule has 0 aliphatic rings. The molecule has 1 aromatic heterocycles. The van der Waals surface area contributed by atoms with Crippen molar-refractivity contribution in [1.29, 1.82) is 0 Å². The number of rotatable bonds is 2. The highest BCUT2D eigenvalue weighted by molar-refractivity contribution is 5.95. The smallest absolute Gasteiger partial charge is 0.251 e. The first-order chi connectivity index (χ1) is 8.61. The van der Waals surface area contributed by atoms with Crippen molar-refractivity contribution in [3.63, 3.8) is 0 Å². The molecule has 2 rings (SSSR count). The maximum atomic E-state index is 11.5. The Kier molecular flexibility index (Phi) is 3.09. The molecule has 0 saturated carbocycles. The first kappa shape index (κ1) is 11.8. The zero-order chi connectivity index (χ0) is 13.1. The van der Waals surface area contributed by atoms with Gasteiger partial charge in [0.2, 0.25) is 5.95 Å². The quantitative estimate of drug-likeness (QED) is 0.718. The highest BCUT2D eigenvalue weighted by Crippen LogP contribution is 2.24. The Hall–Kier alpha value is -2.63. The van der Waals surface area contributed by atoms with Gasteiger partial charge in [0.25, 0.3) is 5.91 Å². The van der Waals surface area contributed by atoms with Gasteiger partial charge in [0.1, 0.15) is 5.82 Å². The average molecular weight is 243 g/mol. The average Bonchev–Trinajstić information content (AvgIpc) is 2.38. The molecule has 1 amide bonds. The molecule has 92 valence electrons. The number of nitrogens with zero attached hydrogens (tertiary/aromatic N) is 2. The Bertz CT molecular complexity index is 597. The summed E-state index contributed by atoms with van der Waals surface area (Å²) < 4.78 is 0. The van der Waals surface area contributed by atoms with Crippen LogP contribution in [0.1, 0.15) is 10.4 Å². The van der Waals surface area contributed by atoms with E-state index < -0.39 is 0 Å². The summed E-state index contributed by atoms with van der Waals surface area (Å²) in [6.07, 6.45) is 1.54. The molecule has 6 heteroatoms. The second kappa shape index (κ2) is 4.70. The molecule has 5 N–H and O–H groups in total. The molecule has 0 atom stereocenters. The monoisotopic (exact) mass is 243 g/mol. The molecule has 0 unspecified atom stereocenters. The second-order valence-corrected chi connectivity index (χ2v) is 3.69. The number of anilines is 2. The summed E-state index contributed by atoms with van der Waals surface area (Å²) in [6.45, 7) is 0. The molecule has 0 aliphatic carbocycles. The molecule has 0 spiro atoms. The van der Waals surface area contributed by atoms with Crippen molar-refractivity contribution >= 4 is 17.7 Å². The summed E-state index contributed by atoms with van der Waals surface area (Å²) in [6, 6.07) is 7.05. The predicted molar refractivity (Wildman–Crippen MR) is 69.7 cm³/mol. The fourth-order valence-corrected chi connectivity index (χ4v) is 1.60. The van der Waals surface area contributed by atoms with Crippen LogP contribution in [0.15, 0.2) is 30.5 Å². The molecule has 0 bridgehead atoms. The Morgan fingerprint density at radius 3 is 2.78 bits per heavy atom. The second-order valence-electron chi connectivity index (χ2n) is 3.69. The third-order valence-electron chi connectivity index (χ3n) is 2.50. The fraction of sp³-hybridized carbons (Fsp3) is 0.0833. The van der Waals surface area contributed by atoms with Gasteiger partial charge in [0.15, 0.2) is 0 Å². The standard InChI is InChI=1S/C12H13N5O/c1-15-11(18)8-4-2-3-7(5-8)9-6-16-12(14)17-10(9)13/h2-6H,1H3,(H,15,18)(H4,13,14,16,17). The number of carbonyl (C=O) groups excluding carboxylic acids is 1. The number of nitrogen functional groups attached to an aromatic ring is 2. The van der Waals surface area contributed by atoms with Gasteiger partial charge in [0, 0.05) is 24.4 Å². The maximum absolute atomic E-state index is 11.5. The SMILES string of the molecule is CNC(=O)c1cccc(-c2cnc(N)nc2N)c1. The minimum atomic E-state index is -0.160. The van der Waals surface area contributed by atoms with E-state index in [-0.39, 0.29) is 17.7 Å². The highest BCUT2D eigenvalue weighted by atomic mass is 16.1. The zero-order valence-electron chi connectivity index (χ0n) is 9.84. The van der Waals surface area contributed by atoms with Crippen LogP contribution in [0.3, 0.4) is 0 Å². The molecule has 6 nitrogen and oxygen atoms in total. The number of aromatic nitrogens is 2. The van der Waals surface area contributed by atoms with E-state index in [9.17, 15) is 4.79 Å². The molecular formula is C12H13N5O. The molecular weight excluding hydrogens is 230 g/mol. The van der Waals surface area contributed by atoms with Gasteiger partial charge in [-0.05, 0) is 17.7 Å². The normalized spacial score (nSPS) is 10.1. The van der Waals surface area contributed by atoms with Gasteiger partial charge in [-0.15, -0.1) is 0 Å². The minimum Gasteiger partial charge on any atom is -0.383 e. The van der Waals surface area contributed by atoms with Crippen LogP contribution in [0, 0.1) is 0 Å². The van der Waals surface area contributed by atoms with E-state index in [2.05, 4.69) is 15.3 Å². The van der Waals surface area contributed by atoms with Gasteiger partial charge in [0.05, 0.1) is 0 Å². The van der Waals surface area contributed by atoms with Gasteiger partial charge in [-0.25, -0.2) is 4.98 Å². The molecule has 0 aliphatic heterocycles. The Balaban J connectivity index is 2.48. The van der Waals surface area contributed by atoms with Crippen LogP contribution in [0.5, 0.6) is 0 Å². The van der Waals surface area contributed by atoms with Crippen molar-refractivity contribution < 1.29 is 4.79 Å². The topological polar surface area (TPSA) is 107 Å². The third kappa shape index (κ3) is 2.22. The molecule has 1 heterocycles. The van der Waals surface area contributed by atoms with Crippen LogP contribution < -0.4 is 16.8 Å². The minimum absolute atomic E-state index is 0.124. The molecule has 1 aromatic carbocycles. The van der Waals surface area contributed by atoms with Crippen molar-refractivity contribution in [3.05, 3.63) is 36.0 Å². The van der Waals surface area contributed by atoms with E-state index >= 15 is 0 Å². The highest BCUT2D eigenvalue weighted by Gasteiger charge is 2.08. The van der Waals surface area contributed by atoms with E-state index in [0.717, 1.165) is 5.56 Å². The lowest BCUT2D eigenvalue weighted by Gasteiger charge is -2.07. The van der Waals surface area contributed by atoms with Crippen LogP contribution in [0.2, 0.25) is 0 Å². The van der Waals surface area contributed by atoms with Crippen molar-refractivity contribution in [2.45, 2.75) is 0 Å². The van der Waals surface area contributed by atoms with Gasteiger partial charge >= 0.3 is 0 Å². The van der Waals surface area contributed by atoms with Crippen molar-refractivity contribution in [2.24, 2.45) is 0 Å². The van der Waals surface area contributed by atoms with Crippen molar-refractivity contribution in [3.8, 4) is 11.1 Å². The van der Waals surface area contributed by atoms with Crippen LogP contribution >= 0.6 is 0 Å². The molecule has 18 heavy (non-hydrogen) atoms. The Morgan fingerprint density at radius 2 is 2.11 bits per heavy atom. The first-order valence-electron chi connectivity index (χ1n) is 5.32. The number of amides is 1. The first-order valence-corrected chi connectivity index (χ1v) is 5.32. The molecule has 0 radical (unpaired) electrons. The van der Waals surface area contributed by atoms with Crippen LogP contribution in [0.25, 0.3) is 11.1 Å². The van der Waals surface area contributed by atoms with E-state index in [1.165, 1.54) is 0 Å². The van der Waals surface area contributed by atoms with Crippen molar-refractivity contribution in [2.75, 3.05) is 18.5 Å². The molecule has 0 fully saturated rings. The van der Waals surface area contributed by atoms with Crippen LogP contribution in [0.4, 0.5) is 11.8 Å². The Labute approximate surface area is 104 Å². The Morgan fingerprint density at radius 1 is 1.33 bits per heavy atom. The van der Waals surface area contributed by atoms with Gasteiger partial charge in [-0.3, -0.25) is 4.79 Å². The van der Waals surface area contributed by atoms with Gasteiger partial charge < -0.3 is 16.8 Å². The van der Waals surface area contributed by atoms with Gasteiger partial charge in [-0.1, -0.05) is 12.1 Å². The largest absolute Gasteiger partial charge is 0.383 e.